The molecule has 0 aliphatic heterocycles. The number of hydrogen-bond acceptors (Lipinski definition) is 4. The van der Waals surface area contributed by atoms with Crippen molar-refractivity contribution in [3.05, 3.63) is 59.0 Å². The number of aliphatic hydroxyl groups is 1. The van der Waals surface area contributed by atoms with Crippen molar-refractivity contribution >= 4 is 0 Å². The maximum Gasteiger partial charge on any atom is 0.129 e. The van der Waals surface area contributed by atoms with E-state index in [4.69, 9.17) is 9.15 Å². The van der Waals surface area contributed by atoms with Gasteiger partial charge >= 0.3 is 0 Å². The monoisotopic (exact) mass is 345 g/mol. The molecule has 138 valence electrons. The maximum atomic E-state index is 10.4. The molecule has 2 aromatic rings. The van der Waals surface area contributed by atoms with Gasteiger partial charge in [0.1, 0.15) is 12.4 Å². The fourth-order valence-corrected chi connectivity index (χ4v) is 2.91. The topological polar surface area (TPSA) is 45.8 Å². The van der Waals surface area contributed by atoms with E-state index in [0.717, 1.165) is 18.7 Å². The minimum atomic E-state index is -0.519. The van der Waals surface area contributed by atoms with Crippen LogP contribution in [0.5, 0.6) is 0 Å². The number of nitrogens with zero attached hydrogens (tertiary/aromatic N) is 1. The zero-order chi connectivity index (χ0) is 18.2. The van der Waals surface area contributed by atoms with E-state index in [1.165, 1.54) is 16.7 Å². The van der Waals surface area contributed by atoms with Crippen LogP contribution in [0.2, 0.25) is 0 Å². The summed E-state index contributed by atoms with van der Waals surface area (Å²) < 4.78 is 10.8. The van der Waals surface area contributed by atoms with Crippen molar-refractivity contribution < 1.29 is 14.3 Å². The first kappa shape index (κ1) is 19.7. The van der Waals surface area contributed by atoms with Crippen molar-refractivity contribution in [3.63, 3.8) is 0 Å². The fourth-order valence-electron chi connectivity index (χ4n) is 2.91. The molecule has 1 heterocycles. The van der Waals surface area contributed by atoms with Gasteiger partial charge in [0.15, 0.2) is 0 Å². The highest BCUT2D eigenvalue weighted by Gasteiger charge is 2.18. The van der Waals surface area contributed by atoms with E-state index in [-0.39, 0.29) is 0 Å². The Morgan fingerprint density at radius 1 is 1.24 bits per heavy atom. The molecule has 0 unspecified atom stereocenters. The first-order valence-corrected chi connectivity index (χ1v) is 9.08. The van der Waals surface area contributed by atoms with Gasteiger partial charge in [-0.15, -0.1) is 0 Å². The van der Waals surface area contributed by atoms with Crippen molar-refractivity contribution in [2.75, 3.05) is 13.2 Å². The number of rotatable bonds is 10. The summed E-state index contributed by atoms with van der Waals surface area (Å²) in [7, 11) is 0. The van der Waals surface area contributed by atoms with Crippen molar-refractivity contribution in [2.45, 2.75) is 59.4 Å². The van der Waals surface area contributed by atoms with Crippen LogP contribution in [0.1, 0.15) is 42.7 Å². The van der Waals surface area contributed by atoms with Crippen LogP contribution in [0.25, 0.3) is 0 Å². The van der Waals surface area contributed by atoms with Crippen LogP contribution in [0.15, 0.2) is 41.0 Å². The van der Waals surface area contributed by atoms with Crippen molar-refractivity contribution in [3.8, 4) is 0 Å². The molecule has 0 bridgehead atoms. The summed E-state index contributed by atoms with van der Waals surface area (Å²) >= 11 is 0. The lowest BCUT2D eigenvalue weighted by Gasteiger charge is -2.31. The summed E-state index contributed by atoms with van der Waals surface area (Å²) in [6.45, 7) is 10.8. The van der Waals surface area contributed by atoms with Crippen LogP contribution in [-0.2, 0) is 17.9 Å². The largest absolute Gasteiger partial charge is 0.467 e. The first-order chi connectivity index (χ1) is 12.0. The SMILES string of the molecule is CC[C@H](C)N(Cc1ccc(C)cc1C)C[C@H](O)COCc1ccco1. The summed E-state index contributed by atoms with van der Waals surface area (Å²) in [5.41, 5.74) is 3.90. The molecule has 4 heteroatoms. The van der Waals surface area contributed by atoms with Crippen LogP contribution in [0.3, 0.4) is 0 Å². The van der Waals surface area contributed by atoms with E-state index < -0.39 is 6.10 Å². The summed E-state index contributed by atoms with van der Waals surface area (Å²) in [4.78, 5) is 2.33. The number of furan rings is 1. The van der Waals surface area contributed by atoms with Crippen molar-refractivity contribution in [1.82, 2.24) is 4.90 Å². The Hall–Kier alpha value is -1.62. The van der Waals surface area contributed by atoms with Crippen LogP contribution < -0.4 is 0 Å². The van der Waals surface area contributed by atoms with E-state index in [1.807, 2.05) is 12.1 Å². The zero-order valence-corrected chi connectivity index (χ0v) is 15.9. The van der Waals surface area contributed by atoms with E-state index in [0.29, 0.717) is 25.8 Å². The normalized spacial score (nSPS) is 14.0. The predicted molar refractivity (Wildman–Crippen MR) is 100 cm³/mol. The number of aliphatic hydroxyl groups excluding tert-OH is 1. The van der Waals surface area contributed by atoms with Crippen molar-refractivity contribution in [1.29, 1.82) is 0 Å². The third kappa shape index (κ3) is 6.31. The minimum Gasteiger partial charge on any atom is -0.467 e. The van der Waals surface area contributed by atoms with Gasteiger partial charge in [-0.25, -0.2) is 0 Å². The highest BCUT2D eigenvalue weighted by Crippen LogP contribution is 2.16. The Labute approximate surface area is 151 Å². The Balaban J connectivity index is 1.90. The number of hydrogen-bond donors (Lipinski definition) is 1. The molecule has 25 heavy (non-hydrogen) atoms. The van der Waals surface area contributed by atoms with Crippen molar-refractivity contribution in [2.24, 2.45) is 0 Å². The Kier molecular flexibility index (Phi) is 7.69. The molecule has 0 aliphatic carbocycles. The molecule has 0 fully saturated rings. The molecule has 1 aromatic carbocycles. The summed E-state index contributed by atoms with van der Waals surface area (Å²) in [6.07, 6.45) is 2.16. The summed E-state index contributed by atoms with van der Waals surface area (Å²) in [6, 6.07) is 10.7. The maximum absolute atomic E-state index is 10.4. The molecule has 0 saturated carbocycles. The predicted octanol–water partition coefficient (Wildman–Crippen LogP) is 4.07. The smallest absolute Gasteiger partial charge is 0.129 e. The van der Waals surface area contributed by atoms with Crippen LogP contribution in [0.4, 0.5) is 0 Å². The van der Waals surface area contributed by atoms with Crippen LogP contribution in [-0.4, -0.2) is 35.3 Å². The average Bonchev–Trinajstić information content (AvgIpc) is 3.09. The van der Waals surface area contributed by atoms with E-state index >= 15 is 0 Å². The molecule has 4 nitrogen and oxygen atoms in total. The van der Waals surface area contributed by atoms with E-state index in [2.05, 4.69) is 50.8 Å². The molecule has 1 aromatic heterocycles. The average molecular weight is 345 g/mol. The lowest BCUT2D eigenvalue weighted by molar-refractivity contribution is -0.00275. The highest BCUT2D eigenvalue weighted by molar-refractivity contribution is 5.30. The molecule has 0 amide bonds. The van der Waals surface area contributed by atoms with Gasteiger partial charge < -0.3 is 14.3 Å². The van der Waals surface area contributed by atoms with Gasteiger partial charge in [0.2, 0.25) is 0 Å². The molecule has 0 radical (unpaired) electrons. The fraction of sp³-hybridized carbons (Fsp3) is 0.524. The van der Waals surface area contributed by atoms with Gasteiger partial charge in [-0.2, -0.15) is 0 Å². The molecule has 2 atom stereocenters. The first-order valence-electron chi connectivity index (χ1n) is 9.08. The van der Waals surface area contributed by atoms with Gasteiger partial charge in [0.25, 0.3) is 0 Å². The molecule has 0 aliphatic rings. The van der Waals surface area contributed by atoms with Gasteiger partial charge in [-0.3, -0.25) is 4.90 Å². The second kappa shape index (κ2) is 9.76. The number of aryl methyl sites for hydroxylation is 2. The lowest BCUT2D eigenvalue weighted by Crippen LogP contribution is -2.40. The van der Waals surface area contributed by atoms with Crippen LogP contribution >= 0.6 is 0 Å². The Bertz CT molecular complexity index is 624. The quantitative estimate of drug-likeness (QED) is 0.705. The van der Waals surface area contributed by atoms with Gasteiger partial charge in [0.05, 0.1) is 19.0 Å². The second-order valence-corrected chi connectivity index (χ2v) is 6.86. The second-order valence-electron chi connectivity index (χ2n) is 6.86. The molecular formula is C21H31NO3. The highest BCUT2D eigenvalue weighted by atomic mass is 16.5. The molecule has 2 rings (SSSR count). The number of benzene rings is 1. The van der Waals surface area contributed by atoms with Crippen LogP contribution in [0, 0.1) is 13.8 Å². The third-order valence-corrected chi connectivity index (χ3v) is 4.67. The molecule has 1 N–H and O–H groups in total. The Morgan fingerprint density at radius 2 is 2.04 bits per heavy atom. The van der Waals surface area contributed by atoms with E-state index in [9.17, 15) is 5.11 Å². The van der Waals surface area contributed by atoms with Gasteiger partial charge in [-0.1, -0.05) is 30.7 Å². The minimum absolute atomic E-state index is 0.306. The standard InChI is InChI=1S/C21H31NO3/c1-5-18(4)22(12-19-9-8-16(2)11-17(19)3)13-20(23)14-24-15-21-7-6-10-25-21/h6-11,18,20,23H,5,12-15H2,1-4H3/t18-,20-/m0/s1. The third-order valence-electron chi connectivity index (χ3n) is 4.67. The van der Waals surface area contributed by atoms with Gasteiger partial charge in [0, 0.05) is 19.1 Å². The van der Waals surface area contributed by atoms with E-state index in [1.54, 1.807) is 6.26 Å². The summed E-state index contributed by atoms with van der Waals surface area (Å²) in [5.74, 6) is 0.779. The molecular weight excluding hydrogens is 314 g/mol. The Morgan fingerprint density at radius 3 is 2.68 bits per heavy atom. The summed E-state index contributed by atoms with van der Waals surface area (Å²) in [5, 5.41) is 10.4. The zero-order valence-electron chi connectivity index (χ0n) is 15.9. The lowest BCUT2D eigenvalue weighted by atomic mass is 10.0. The molecule has 0 saturated heterocycles. The molecule has 0 spiro atoms. The van der Waals surface area contributed by atoms with Gasteiger partial charge in [-0.05, 0) is 50.5 Å². The number of ether oxygens (including phenoxy) is 1.